The minimum atomic E-state index is -0.178. The van der Waals surface area contributed by atoms with Gasteiger partial charge in [0.15, 0.2) is 5.82 Å². The van der Waals surface area contributed by atoms with Crippen LogP contribution in [0.2, 0.25) is 0 Å². The van der Waals surface area contributed by atoms with Gasteiger partial charge in [0.2, 0.25) is 0 Å². The van der Waals surface area contributed by atoms with Crippen LogP contribution in [0.3, 0.4) is 0 Å². The summed E-state index contributed by atoms with van der Waals surface area (Å²) in [5.41, 5.74) is 10.3. The van der Waals surface area contributed by atoms with Gasteiger partial charge in [0, 0.05) is 45.1 Å². The predicted octanol–water partition coefficient (Wildman–Crippen LogP) is 5.34. The van der Waals surface area contributed by atoms with Crippen molar-refractivity contribution in [3.8, 4) is 5.75 Å². The highest BCUT2D eigenvalue weighted by Gasteiger charge is 2.19. The number of benzene rings is 2. The van der Waals surface area contributed by atoms with E-state index in [-0.39, 0.29) is 11.8 Å². The lowest BCUT2D eigenvalue weighted by atomic mass is 10.1. The summed E-state index contributed by atoms with van der Waals surface area (Å²) in [6.07, 6.45) is 5.21. The largest absolute Gasteiger partial charge is 0.488 e. The summed E-state index contributed by atoms with van der Waals surface area (Å²) in [4.78, 5) is 31.0. The lowest BCUT2D eigenvalue weighted by Gasteiger charge is -2.29. The molecule has 2 aromatic heterocycles. The highest BCUT2D eigenvalue weighted by atomic mass is 16.5. The van der Waals surface area contributed by atoms with Gasteiger partial charge in [0.25, 0.3) is 0 Å². The molecule has 260 valence electrons. The third kappa shape index (κ3) is 10.6. The summed E-state index contributed by atoms with van der Waals surface area (Å²) < 4.78 is 19.7. The Balaban J connectivity index is 0.00000167. The standard InChI is InChI=1S/C36H52N6O3.CO2/c1-5-36(2,3)45-29-13-10-12-28(26-29)27-41(19-11-18-40-21-24-44-25-22-40)17-8-9-20-42-32(16-23-43-4)39-33-34(42)30-14-6-7-15-31(30)38-35(33)37;2-1-3/h6-7,10,12-15,26H,5,8-9,11,16-25,27H2,1-4H3,(H2,37,38);. The number of methoxy groups -OCH3 is 1. The van der Waals surface area contributed by atoms with Crippen LogP contribution in [0, 0.1) is 0 Å². The van der Waals surface area contributed by atoms with Crippen LogP contribution in [0.15, 0.2) is 48.5 Å². The fourth-order valence-corrected chi connectivity index (χ4v) is 6.10. The molecule has 48 heavy (non-hydrogen) atoms. The molecule has 0 bridgehead atoms. The third-order valence-corrected chi connectivity index (χ3v) is 8.93. The first-order chi connectivity index (χ1) is 23.3. The lowest BCUT2D eigenvalue weighted by Crippen LogP contribution is -2.38. The zero-order valence-corrected chi connectivity index (χ0v) is 29.1. The molecule has 11 heteroatoms. The summed E-state index contributed by atoms with van der Waals surface area (Å²) >= 11 is 0. The maximum absolute atomic E-state index is 8.12. The van der Waals surface area contributed by atoms with Crippen LogP contribution >= 0.6 is 0 Å². The number of imidazole rings is 1. The minimum Gasteiger partial charge on any atom is -0.488 e. The Morgan fingerprint density at radius 1 is 1.00 bits per heavy atom. The molecule has 2 aromatic carbocycles. The number of para-hydroxylation sites is 1. The van der Waals surface area contributed by atoms with Crippen molar-refractivity contribution in [2.24, 2.45) is 0 Å². The van der Waals surface area contributed by atoms with Crippen LogP contribution in [-0.4, -0.2) is 95.7 Å². The molecule has 0 unspecified atom stereocenters. The van der Waals surface area contributed by atoms with Crippen molar-refractivity contribution >= 4 is 33.9 Å². The normalized spacial score (nSPS) is 13.9. The number of rotatable bonds is 17. The molecule has 11 nitrogen and oxygen atoms in total. The number of ether oxygens (including phenoxy) is 3. The first kappa shape index (κ1) is 37.0. The molecular formula is C37H52N6O5. The van der Waals surface area contributed by atoms with Gasteiger partial charge in [0.1, 0.15) is 22.7 Å². The molecule has 1 saturated heterocycles. The molecule has 4 aromatic rings. The van der Waals surface area contributed by atoms with Gasteiger partial charge in [-0.2, -0.15) is 9.59 Å². The molecule has 0 saturated carbocycles. The van der Waals surface area contributed by atoms with Crippen molar-refractivity contribution in [3.05, 3.63) is 59.9 Å². The SMILES string of the molecule is CCC(C)(C)Oc1cccc(CN(CCCCn2c(CCOC)nc3c(N)nc4ccccc4c32)CCCN2CCOCC2)c1.O=C=O. The van der Waals surface area contributed by atoms with Crippen LogP contribution in [0.25, 0.3) is 21.9 Å². The highest BCUT2D eigenvalue weighted by Crippen LogP contribution is 2.29. The fraction of sp³-hybridized carbons (Fsp3) is 0.541. The Kier molecular flexibility index (Phi) is 14.3. The summed E-state index contributed by atoms with van der Waals surface area (Å²) in [5, 5.41) is 1.09. The van der Waals surface area contributed by atoms with Gasteiger partial charge in [-0.3, -0.25) is 9.80 Å². The first-order valence-corrected chi connectivity index (χ1v) is 17.1. The molecule has 2 N–H and O–H groups in total. The van der Waals surface area contributed by atoms with Gasteiger partial charge in [0.05, 0.1) is 30.9 Å². The lowest BCUT2D eigenvalue weighted by molar-refractivity contribution is -0.191. The van der Waals surface area contributed by atoms with Gasteiger partial charge in [-0.25, -0.2) is 9.97 Å². The average Bonchev–Trinajstić information content (AvgIpc) is 3.45. The van der Waals surface area contributed by atoms with Gasteiger partial charge in [-0.15, -0.1) is 0 Å². The van der Waals surface area contributed by atoms with E-state index in [1.165, 1.54) is 5.56 Å². The van der Waals surface area contributed by atoms with Crippen molar-refractivity contribution in [1.29, 1.82) is 0 Å². The van der Waals surface area contributed by atoms with Gasteiger partial charge in [-0.05, 0) is 82.9 Å². The van der Waals surface area contributed by atoms with Crippen molar-refractivity contribution in [2.75, 3.05) is 65.4 Å². The molecule has 5 rings (SSSR count). The van der Waals surface area contributed by atoms with E-state index in [4.69, 9.17) is 34.5 Å². The summed E-state index contributed by atoms with van der Waals surface area (Å²) in [7, 11) is 1.73. The van der Waals surface area contributed by atoms with E-state index in [0.717, 1.165) is 125 Å². The zero-order chi connectivity index (χ0) is 34.4. The minimum absolute atomic E-state index is 0.178. The van der Waals surface area contributed by atoms with Crippen LogP contribution in [0.4, 0.5) is 5.82 Å². The van der Waals surface area contributed by atoms with E-state index in [1.54, 1.807) is 7.11 Å². The average molecular weight is 661 g/mol. The number of pyridine rings is 1. The highest BCUT2D eigenvalue weighted by molar-refractivity contribution is 6.06. The second-order valence-corrected chi connectivity index (χ2v) is 12.9. The molecule has 0 amide bonds. The molecule has 0 spiro atoms. The van der Waals surface area contributed by atoms with E-state index >= 15 is 0 Å². The molecular weight excluding hydrogens is 608 g/mol. The molecule has 0 aliphatic carbocycles. The molecule has 1 aliphatic rings. The van der Waals surface area contributed by atoms with Crippen molar-refractivity contribution in [1.82, 2.24) is 24.3 Å². The number of hydrogen-bond acceptors (Lipinski definition) is 10. The number of nitrogens with two attached hydrogens (primary N) is 1. The van der Waals surface area contributed by atoms with Crippen LogP contribution in [0.1, 0.15) is 57.8 Å². The second-order valence-electron chi connectivity index (χ2n) is 12.9. The van der Waals surface area contributed by atoms with Crippen LogP contribution in [0.5, 0.6) is 5.75 Å². The maximum atomic E-state index is 8.12. The van der Waals surface area contributed by atoms with E-state index in [1.807, 2.05) is 12.1 Å². The van der Waals surface area contributed by atoms with Crippen molar-refractivity contribution in [2.45, 2.75) is 71.6 Å². The topological polar surface area (TPSA) is 125 Å². The van der Waals surface area contributed by atoms with E-state index in [0.29, 0.717) is 12.4 Å². The second kappa shape index (κ2) is 18.6. The maximum Gasteiger partial charge on any atom is 0.373 e. The van der Waals surface area contributed by atoms with Crippen LogP contribution < -0.4 is 10.5 Å². The number of nitrogen functional groups attached to an aromatic ring is 1. The number of unbranched alkanes of at least 4 members (excludes halogenated alkanes) is 1. The number of anilines is 1. The molecule has 0 atom stereocenters. The summed E-state index contributed by atoms with van der Waals surface area (Å²) in [6.45, 7) is 15.8. The number of nitrogens with zero attached hydrogens (tertiary/aromatic N) is 5. The fourth-order valence-electron chi connectivity index (χ4n) is 6.10. The molecule has 1 fully saturated rings. The number of morpholine rings is 1. The smallest absolute Gasteiger partial charge is 0.373 e. The Labute approximate surface area is 284 Å². The van der Waals surface area contributed by atoms with Crippen molar-refractivity contribution in [3.63, 3.8) is 0 Å². The molecule has 1 aliphatic heterocycles. The number of carbonyl (C=O) groups excluding carboxylic acids is 2. The Morgan fingerprint density at radius 3 is 2.50 bits per heavy atom. The Bertz CT molecular complexity index is 1610. The summed E-state index contributed by atoms with van der Waals surface area (Å²) in [5.74, 6) is 2.44. The quantitative estimate of drug-likeness (QED) is 0.148. The molecule has 3 heterocycles. The third-order valence-electron chi connectivity index (χ3n) is 8.93. The Hall–Kier alpha value is -3.86. The Morgan fingerprint density at radius 2 is 1.75 bits per heavy atom. The van der Waals surface area contributed by atoms with E-state index < -0.39 is 0 Å². The monoisotopic (exact) mass is 660 g/mol. The number of fused-ring (bicyclic) bond motifs is 3. The van der Waals surface area contributed by atoms with E-state index in [2.05, 4.69) is 76.5 Å². The zero-order valence-electron chi connectivity index (χ0n) is 29.1. The number of hydrogen-bond donors (Lipinski definition) is 1. The van der Waals surface area contributed by atoms with E-state index in [9.17, 15) is 0 Å². The molecule has 0 radical (unpaired) electrons. The van der Waals surface area contributed by atoms with Crippen LogP contribution in [-0.2, 0) is 38.6 Å². The van der Waals surface area contributed by atoms with Gasteiger partial charge < -0.3 is 24.5 Å². The van der Waals surface area contributed by atoms with Gasteiger partial charge >= 0.3 is 6.15 Å². The van der Waals surface area contributed by atoms with Gasteiger partial charge in [-0.1, -0.05) is 37.3 Å². The number of aryl methyl sites for hydroxylation is 1. The predicted molar refractivity (Wildman–Crippen MR) is 188 cm³/mol. The van der Waals surface area contributed by atoms with Crippen molar-refractivity contribution < 1.29 is 23.8 Å². The summed E-state index contributed by atoms with van der Waals surface area (Å²) in [6, 6.07) is 16.9. The number of aromatic nitrogens is 3. The first-order valence-electron chi connectivity index (χ1n) is 17.1.